The fourth-order valence-corrected chi connectivity index (χ4v) is 2.46. The van der Waals surface area contributed by atoms with Crippen LogP contribution in [-0.2, 0) is 11.4 Å². The highest BCUT2D eigenvalue weighted by atomic mass is 32.2. The van der Waals surface area contributed by atoms with Crippen LogP contribution in [0.5, 0.6) is 0 Å². The second-order valence-corrected chi connectivity index (χ2v) is 7.59. The van der Waals surface area contributed by atoms with Gasteiger partial charge in [0.1, 0.15) is 4.75 Å². The largest absolute Gasteiger partial charge is 0.598 e. The summed E-state index contributed by atoms with van der Waals surface area (Å²) in [6, 6.07) is -0.267. The van der Waals surface area contributed by atoms with Crippen LogP contribution in [0.2, 0.25) is 0 Å². The molecule has 2 atom stereocenters. The second-order valence-electron chi connectivity index (χ2n) is 5.60. The third-order valence-corrected chi connectivity index (χ3v) is 4.37. The zero-order valence-electron chi connectivity index (χ0n) is 10.4. The molecule has 0 heterocycles. The molecule has 0 amide bonds. The SMILES string of the molecule is CC(C)(C)[S+]([O-])N[C@@H](CCC(F)(F)F)C1CC1. The van der Waals surface area contributed by atoms with E-state index in [-0.39, 0.29) is 18.4 Å². The Bertz CT molecular complexity index is 248. The Labute approximate surface area is 104 Å². The number of hydrogen-bond acceptors (Lipinski definition) is 2. The average molecular weight is 271 g/mol. The number of halogens is 3. The van der Waals surface area contributed by atoms with Crippen molar-refractivity contribution in [3.05, 3.63) is 0 Å². The molecule has 0 aliphatic heterocycles. The van der Waals surface area contributed by atoms with Gasteiger partial charge in [-0.3, -0.25) is 0 Å². The molecule has 1 fully saturated rings. The van der Waals surface area contributed by atoms with Gasteiger partial charge in [-0.2, -0.15) is 13.2 Å². The Morgan fingerprint density at radius 1 is 1.29 bits per heavy atom. The van der Waals surface area contributed by atoms with Crippen LogP contribution in [0.15, 0.2) is 0 Å². The van der Waals surface area contributed by atoms with E-state index in [0.29, 0.717) is 0 Å². The lowest BCUT2D eigenvalue weighted by atomic mass is 10.1. The van der Waals surface area contributed by atoms with Gasteiger partial charge in [0.2, 0.25) is 0 Å². The quantitative estimate of drug-likeness (QED) is 0.780. The van der Waals surface area contributed by atoms with Gasteiger partial charge >= 0.3 is 6.18 Å². The van der Waals surface area contributed by atoms with Crippen LogP contribution >= 0.6 is 0 Å². The molecule has 102 valence electrons. The van der Waals surface area contributed by atoms with Crippen LogP contribution in [0.25, 0.3) is 0 Å². The van der Waals surface area contributed by atoms with E-state index in [0.717, 1.165) is 12.8 Å². The highest BCUT2D eigenvalue weighted by Gasteiger charge is 2.39. The number of nitrogens with one attached hydrogen (secondary N) is 1. The van der Waals surface area contributed by atoms with E-state index in [4.69, 9.17) is 0 Å². The predicted molar refractivity (Wildman–Crippen MR) is 62.8 cm³/mol. The van der Waals surface area contributed by atoms with Gasteiger partial charge in [0.15, 0.2) is 0 Å². The molecule has 0 aromatic carbocycles. The molecule has 1 N–H and O–H groups in total. The molecule has 0 aromatic rings. The molecular weight excluding hydrogens is 251 g/mol. The van der Waals surface area contributed by atoms with Crippen LogP contribution in [-0.4, -0.2) is 21.5 Å². The first kappa shape index (κ1) is 15.1. The monoisotopic (exact) mass is 271 g/mol. The molecule has 1 rings (SSSR count). The average Bonchev–Trinajstić information content (AvgIpc) is 2.91. The fraction of sp³-hybridized carbons (Fsp3) is 1.00. The molecule has 0 aromatic heterocycles. The van der Waals surface area contributed by atoms with Crippen LogP contribution in [0, 0.1) is 5.92 Å². The van der Waals surface area contributed by atoms with Crippen LogP contribution in [0.3, 0.4) is 0 Å². The second kappa shape index (κ2) is 5.36. The van der Waals surface area contributed by atoms with E-state index in [1.165, 1.54) is 0 Å². The predicted octanol–water partition coefficient (Wildman–Crippen LogP) is 3.16. The number of rotatable bonds is 5. The van der Waals surface area contributed by atoms with E-state index < -0.39 is 28.7 Å². The Hall–Kier alpha value is 0.0600. The van der Waals surface area contributed by atoms with Gasteiger partial charge in [0, 0.05) is 17.8 Å². The van der Waals surface area contributed by atoms with Gasteiger partial charge in [0.05, 0.1) is 6.04 Å². The molecule has 0 saturated heterocycles. The van der Waals surface area contributed by atoms with Gasteiger partial charge < -0.3 is 4.55 Å². The minimum absolute atomic E-state index is 0.0238. The fourth-order valence-electron chi connectivity index (χ4n) is 1.52. The van der Waals surface area contributed by atoms with Gasteiger partial charge in [-0.15, -0.1) is 4.72 Å². The van der Waals surface area contributed by atoms with Crippen molar-refractivity contribution in [2.45, 2.75) is 63.4 Å². The topological polar surface area (TPSA) is 35.1 Å². The summed E-state index contributed by atoms with van der Waals surface area (Å²) in [7, 11) is 0. The van der Waals surface area contributed by atoms with Crippen LogP contribution in [0.1, 0.15) is 46.5 Å². The third kappa shape index (κ3) is 5.97. The lowest BCUT2D eigenvalue weighted by molar-refractivity contribution is -0.136. The van der Waals surface area contributed by atoms with Gasteiger partial charge in [-0.1, -0.05) is 0 Å². The molecule has 17 heavy (non-hydrogen) atoms. The molecule has 0 spiro atoms. The molecule has 1 aliphatic carbocycles. The maximum absolute atomic E-state index is 12.2. The normalized spacial score (nSPS) is 21.4. The minimum atomic E-state index is -4.13. The summed E-state index contributed by atoms with van der Waals surface area (Å²) < 4.78 is 50.8. The molecule has 2 nitrogen and oxygen atoms in total. The highest BCUT2D eigenvalue weighted by molar-refractivity contribution is 7.90. The van der Waals surface area contributed by atoms with Crippen molar-refractivity contribution in [1.29, 1.82) is 0 Å². The minimum Gasteiger partial charge on any atom is -0.598 e. The van der Waals surface area contributed by atoms with Gasteiger partial charge in [0.25, 0.3) is 0 Å². The first-order valence-electron chi connectivity index (χ1n) is 5.84. The maximum Gasteiger partial charge on any atom is 0.389 e. The van der Waals surface area contributed by atoms with E-state index in [2.05, 4.69) is 4.72 Å². The van der Waals surface area contributed by atoms with Crippen molar-refractivity contribution in [1.82, 2.24) is 4.72 Å². The summed E-state index contributed by atoms with van der Waals surface area (Å²) in [6.07, 6.45) is -3.02. The third-order valence-electron chi connectivity index (χ3n) is 2.74. The van der Waals surface area contributed by atoms with Crippen molar-refractivity contribution < 1.29 is 17.7 Å². The number of hydrogen-bond donors (Lipinski definition) is 1. The summed E-state index contributed by atoms with van der Waals surface area (Å²) in [5.41, 5.74) is 0. The van der Waals surface area contributed by atoms with E-state index in [1.54, 1.807) is 0 Å². The van der Waals surface area contributed by atoms with Crippen molar-refractivity contribution >= 4 is 11.4 Å². The summed E-state index contributed by atoms with van der Waals surface area (Å²) in [5, 5.41) is 0. The summed E-state index contributed by atoms with van der Waals surface area (Å²) in [4.78, 5) is 0. The summed E-state index contributed by atoms with van der Waals surface area (Å²) in [5.74, 6) is 0.267. The Morgan fingerprint density at radius 2 is 1.82 bits per heavy atom. The van der Waals surface area contributed by atoms with Crippen molar-refractivity contribution in [2.24, 2.45) is 5.92 Å². The first-order valence-corrected chi connectivity index (χ1v) is 6.99. The molecule has 1 saturated carbocycles. The van der Waals surface area contributed by atoms with Crippen LogP contribution < -0.4 is 4.72 Å². The molecule has 0 radical (unpaired) electrons. The smallest absolute Gasteiger partial charge is 0.389 e. The maximum atomic E-state index is 12.2. The van der Waals surface area contributed by atoms with Crippen molar-refractivity contribution in [3.8, 4) is 0 Å². The Kier molecular flexibility index (Phi) is 4.77. The van der Waals surface area contributed by atoms with E-state index in [9.17, 15) is 17.7 Å². The van der Waals surface area contributed by atoms with Crippen molar-refractivity contribution in [3.63, 3.8) is 0 Å². The van der Waals surface area contributed by atoms with E-state index in [1.807, 2.05) is 20.8 Å². The summed E-state index contributed by atoms with van der Waals surface area (Å²) >= 11 is -1.29. The zero-order valence-corrected chi connectivity index (χ0v) is 11.3. The van der Waals surface area contributed by atoms with Crippen molar-refractivity contribution in [2.75, 3.05) is 0 Å². The lowest BCUT2D eigenvalue weighted by Gasteiger charge is -2.28. The molecule has 6 heteroatoms. The van der Waals surface area contributed by atoms with E-state index >= 15 is 0 Å². The molecule has 0 bridgehead atoms. The lowest BCUT2D eigenvalue weighted by Crippen LogP contribution is -2.45. The standard InChI is InChI=1S/C11H20F3NOS/c1-10(2,3)17(16)15-9(8-4-5-8)6-7-11(12,13)14/h8-9,15H,4-7H2,1-3H3/t9-,17?/m0/s1. The molecular formula is C11H20F3NOS. The Balaban J connectivity index is 2.44. The number of alkyl halides is 3. The van der Waals surface area contributed by atoms with Gasteiger partial charge in [-0.25, -0.2) is 0 Å². The molecule has 1 unspecified atom stereocenters. The summed E-state index contributed by atoms with van der Waals surface area (Å²) in [6.45, 7) is 5.43. The highest BCUT2D eigenvalue weighted by Crippen LogP contribution is 2.37. The first-order chi connectivity index (χ1) is 7.59. The molecule has 1 aliphatic rings. The van der Waals surface area contributed by atoms with Crippen LogP contribution in [0.4, 0.5) is 13.2 Å². The zero-order chi connectivity index (χ0) is 13.3. The van der Waals surface area contributed by atoms with Gasteiger partial charge in [-0.05, 0) is 46.0 Å². The Morgan fingerprint density at radius 3 is 2.18 bits per heavy atom.